The summed E-state index contributed by atoms with van der Waals surface area (Å²) in [6.45, 7) is 0.849. The SMILES string of the molecule is O=S(=O)(Nc1ccncc1Br)c1ccc2c(c1)NCC2. The summed E-state index contributed by atoms with van der Waals surface area (Å²) in [5, 5.41) is 3.18. The lowest BCUT2D eigenvalue weighted by molar-refractivity contribution is 0.601. The van der Waals surface area contributed by atoms with E-state index in [-0.39, 0.29) is 4.90 Å². The second kappa shape index (κ2) is 5.06. The highest BCUT2D eigenvalue weighted by atomic mass is 79.9. The third-order valence-electron chi connectivity index (χ3n) is 3.12. The van der Waals surface area contributed by atoms with E-state index >= 15 is 0 Å². The predicted octanol–water partition coefficient (Wildman–Crippen LogP) is 2.61. The van der Waals surface area contributed by atoms with Crippen molar-refractivity contribution in [2.75, 3.05) is 16.6 Å². The van der Waals surface area contributed by atoms with Crippen molar-refractivity contribution in [1.82, 2.24) is 4.98 Å². The van der Waals surface area contributed by atoms with Crippen LogP contribution in [0.1, 0.15) is 5.56 Å². The zero-order valence-corrected chi connectivity index (χ0v) is 12.8. The number of benzene rings is 1. The zero-order chi connectivity index (χ0) is 14.2. The quantitative estimate of drug-likeness (QED) is 0.889. The highest BCUT2D eigenvalue weighted by molar-refractivity contribution is 9.10. The topological polar surface area (TPSA) is 71.1 Å². The number of anilines is 2. The molecule has 0 radical (unpaired) electrons. The molecule has 20 heavy (non-hydrogen) atoms. The van der Waals surface area contributed by atoms with Crippen LogP contribution >= 0.6 is 15.9 Å². The fourth-order valence-electron chi connectivity index (χ4n) is 2.10. The van der Waals surface area contributed by atoms with Crippen LogP contribution in [0.5, 0.6) is 0 Å². The summed E-state index contributed by atoms with van der Waals surface area (Å²) in [4.78, 5) is 4.15. The predicted molar refractivity (Wildman–Crippen MR) is 81.4 cm³/mol. The molecule has 3 rings (SSSR count). The first kappa shape index (κ1) is 13.4. The van der Waals surface area contributed by atoms with Crippen molar-refractivity contribution in [3.8, 4) is 0 Å². The van der Waals surface area contributed by atoms with Gasteiger partial charge in [-0.3, -0.25) is 9.71 Å². The monoisotopic (exact) mass is 353 g/mol. The van der Waals surface area contributed by atoms with E-state index in [4.69, 9.17) is 0 Å². The lowest BCUT2D eigenvalue weighted by atomic mass is 10.2. The molecule has 2 N–H and O–H groups in total. The minimum absolute atomic E-state index is 0.245. The van der Waals surface area contributed by atoms with Crippen molar-refractivity contribution in [3.63, 3.8) is 0 Å². The van der Waals surface area contributed by atoms with Gasteiger partial charge in [-0.1, -0.05) is 6.07 Å². The molecule has 0 fully saturated rings. The van der Waals surface area contributed by atoms with E-state index in [9.17, 15) is 8.42 Å². The third kappa shape index (κ3) is 2.51. The van der Waals surface area contributed by atoms with Crippen LogP contribution in [0, 0.1) is 0 Å². The van der Waals surface area contributed by atoms with Crippen molar-refractivity contribution < 1.29 is 8.42 Å². The van der Waals surface area contributed by atoms with Crippen LogP contribution in [-0.2, 0) is 16.4 Å². The van der Waals surface area contributed by atoms with Gasteiger partial charge in [-0.15, -0.1) is 0 Å². The Morgan fingerprint density at radius 3 is 2.95 bits per heavy atom. The van der Waals surface area contributed by atoms with Gasteiger partial charge >= 0.3 is 0 Å². The van der Waals surface area contributed by atoms with Gasteiger partial charge in [0.25, 0.3) is 10.0 Å². The summed E-state index contributed by atoms with van der Waals surface area (Å²) in [6.07, 6.45) is 4.01. The largest absolute Gasteiger partial charge is 0.384 e. The fraction of sp³-hybridized carbons (Fsp3) is 0.154. The molecule has 0 saturated heterocycles. The molecule has 0 spiro atoms. The van der Waals surface area contributed by atoms with Crippen molar-refractivity contribution in [2.45, 2.75) is 11.3 Å². The Balaban J connectivity index is 1.94. The summed E-state index contributed by atoms with van der Waals surface area (Å²) in [6, 6.07) is 6.75. The average Bonchev–Trinajstić information content (AvgIpc) is 2.88. The van der Waals surface area contributed by atoms with Crippen LogP contribution in [0.15, 0.2) is 46.0 Å². The molecule has 1 aromatic carbocycles. The van der Waals surface area contributed by atoms with Gasteiger partial charge in [0, 0.05) is 24.6 Å². The molecule has 0 atom stereocenters. The van der Waals surface area contributed by atoms with Gasteiger partial charge in [-0.25, -0.2) is 8.42 Å². The molecule has 0 amide bonds. The van der Waals surface area contributed by atoms with E-state index in [2.05, 4.69) is 31.0 Å². The Kier molecular flexibility index (Phi) is 3.39. The molecule has 2 heterocycles. The first-order valence-electron chi connectivity index (χ1n) is 6.05. The van der Waals surface area contributed by atoms with Gasteiger partial charge in [-0.05, 0) is 46.1 Å². The Morgan fingerprint density at radius 2 is 2.15 bits per heavy atom. The molecule has 5 nitrogen and oxygen atoms in total. The van der Waals surface area contributed by atoms with E-state index in [0.717, 1.165) is 24.2 Å². The van der Waals surface area contributed by atoms with Crippen LogP contribution in [0.4, 0.5) is 11.4 Å². The third-order valence-corrected chi connectivity index (χ3v) is 5.11. The van der Waals surface area contributed by atoms with E-state index < -0.39 is 10.0 Å². The van der Waals surface area contributed by atoms with Crippen LogP contribution in [-0.4, -0.2) is 19.9 Å². The van der Waals surface area contributed by atoms with Gasteiger partial charge in [0.2, 0.25) is 0 Å². The highest BCUT2D eigenvalue weighted by Crippen LogP contribution is 2.28. The van der Waals surface area contributed by atoms with E-state index in [0.29, 0.717) is 10.2 Å². The number of halogens is 1. The standard InChI is InChI=1S/C13H12BrN3O2S/c14-11-8-15-5-4-12(11)17-20(18,19)10-2-1-9-3-6-16-13(9)7-10/h1-2,4-5,7-8,16H,3,6H2,(H,15,17). The number of pyridine rings is 1. The molecule has 0 saturated carbocycles. The minimum Gasteiger partial charge on any atom is -0.384 e. The number of sulfonamides is 1. The highest BCUT2D eigenvalue weighted by Gasteiger charge is 2.19. The Labute approximate surface area is 125 Å². The summed E-state index contributed by atoms with van der Waals surface area (Å²) < 4.78 is 27.9. The molecule has 1 aliphatic rings. The number of nitrogens with zero attached hydrogens (tertiary/aromatic N) is 1. The maximum Gasteiger partial charge on any atom is 0.262 e. The summed E-state index contributed by atoms with van der Waals surface area (Å²) >= 11 is 3.27. The van der Waals surface area contributed by atoms with Crippen LogP contribution in [0.2, 0.25) is 0 Å². The van der Waals surface area contributed by atoms with Gasteiger partial charge in [0.15, 0.2) is 0 Å². The van der Waals surface area contributed by atoms with E-state index in [1.807, 2.05) is 6.07 Å². The van der Waals surface area contributed by atoms with Crippen LogP contribution < -0.4 is 10.0 Å². The van der Waals surface area contributed by atoms with Gasteiger partial charge in [0.1, 0.15) is 0 Å². The molecular weight excluding hydrogens is 342 g/mol. The molecule has 0 aliphatic carbocycles. The van der Waals surface area contributed by atoms with Crippen LogP contribution in [0.3, 0.4) is 0 Å². The molecule has 7 heteroatoms. The normalized spacial score (nSPS) is 13.7. The first-order valence-corrected chi connectivity index (χ1v) is 8.33. The number of rotatable bonds is 3. The maximum atomic E-state index is 12.4. The second-order valence-corrected chi connectivity index (χ2v) is 6.99. The van der Waals surface area contributed by atoms with E-state index in [1.165, 1.54) is 6.20 Å². The molecule has 0 bridgehead atoms. The number of hydrogen-bond donors (Lipinski definition) is 2. The fourth-order valence-corrected chi connectivity index (χ4v) is 3.69. The number of nitrogens with one attached hydrogen (secondary N) is 2. The summed E-state index contributed by atoms with van der Waals surface area (Å²) in [5.41, 5.74) is 2.50. The molecule has 104 valence electrons. The number of hydrogen-bond acceptors (Lipinski definition) is 4. The van der Waals surface area contributed by atoms with Crippen molar-refractivity contribution >= 4 is 37.3 Å². The molecular formula is C13H12BrN3O2S. The second-order valence-electron chi connectivity index (χ2n) is 4.46. The number of aromatic nitrogens is 1. The Bertz CT molecular complexity index is 762. The van der Waals surface area contributed by atoms with E-state index in [1.54, 1.807) is 24.4 Å². The van der Waals surface area contributed by atoms with Gasteiger partial charge in [-0.2, -0.15) is 0 Å². The average molecular weight is 354 g/mol. The maximum absolute atomic E-state index is 12.4. The minimum atomic E-state index is -3.61. The zero-order valence-electron chi connectivity index (χ0n) is 10.4. The Hall–Kier alpha value is -1.60. The van der Waals surface area contributed by atoms with Crippen molar-refractivity contribution in [1.29, 1.82) is 0 Å². The van der Waals surface area contributed by atoms with Crippen molar-refractivity contribution in [2.24, 2.45) is 0 Å². The summed E-state index contributed by atoms with van der Waals surface area (Å²) in [5.74, 6) is 0. The van der Waals surface area contributed by atoms with Gasteiger partial charge < -0.3 is 5.32 Å². The molecule has 0 unspecified atom stereocenters. The van der Waals surface area contributed by atoms with Crippen molar-refractivity contribution in [3.05, 3.63) is 46.7 Å². The van der Waals surface area contributed by atoms with Crippen LogP contribution in [0.25, 0.3) is 0 Å². The lowest BCUT2D eigenvalue weighted by Crippen LogP contribution is -2.13. The van der Waals surface area contributed by atoms with Gasteiger partial charge in [0.05, 0.1) is 15.1 Å². The Morgan fingerprint density at radius 1 is 1.30 bits per heavy atom. The molecule has 1 aliphatic heterocycles. The number of fused-ring (bicyclic) bond motifs is 1. The first-order chi connectivity index (χ1) is 9.56. The lowest BCUT2D eigenvalue weighted by Gasteiger charge is -2.10. The molecule has 1 aromatic heterocycles. The summed E-state index contributed by atoms with van der Waals surface area (Å²) in [7, 11) is -3.61. The molecule has 2 aromatic rings. The smallest absolute Gasteiger partial charge is 0.262 e.